The van der Waals surface area contributed by atoms with Gasteiger partial charge in [-0.05, 0) is 26.0 Å². The molecule has 0 saturated heterocycles. The summed E-state index contributed by atoms with van der Waals surface area (Å²) in [5, 5.41) is 10.8. The number of amides is 2. The average molecular weight is 318 g/mol. The average Bonchev–Trinajstić information content (AvgIpc) is 2.95. The number of ether oxygens (including phenoxy) is 1. The van der Waals surface area contributed by atoms with Gasteiger partial charge in [0.15, 0.2) is 5.82 Å². The maximum atomic E-state index is 12.3. The van der Waals surface area contributed by atoms with Crippen LogP contribution in [0.1, 0.15) is 17.2 Å². The van der Waals surface area contributed by atoms with Gasteiger partial charge in [-0.25, -0.2) is 4.79 Å². The fraction of sp³-hybridized carbons (Fsp3) is 0.467. The van der Waals surface area contributed by atoms with Crippen molar-refractivity contribution in [3.8, 4) is 0 Å². The van der Waals surface area contributed by atoms with Crippen LogP contribution < -0.4 is 5.32 Å². The first-order valence-corrected chi connectivity index (χ1v) is 7.33. The van der Waals surface area contributed by atoms with Crippen LogP contribution in [0.15, 0.2) is 18.5 Å². The van der Waals surface area contributed by atoms with Crippen molar-refractivity contribution in [1.29, 1.82) is 0 Å². The number of methoxy groups -OCH3 is 1. The molecule has 23 heavy (non-hydrogen) atoms. The highest BCUT2D eigenvalue weighted by Gasteiger charge is 2.14. The number of pyridine rings is 1. The number of hydrogen-bond donors (Lipinski definition) is 1. The summed E-state index contributed by atoms with van der Waals surface area (Å²) in [6.07, 6.45) is 1.63. The smallest absolute Gasteiger partial charge is 0.322 e. The van der Waals surface area contributed by atoms with Crippen molar-refractivity contribution in [1.82, 2.24) is 24.6 Å². The second-order valence-corrected chi connectivity index (χ2v) is 5.31. The van der Waals surface area contributed by atoms with Crippen LogP contribution in [0.2, 0.25) is 0 Å². The molecule has 0 spiro atoms. The summed E-state index contributed by atoms with van der Waals surface area (Å²) in [6, 6.07) is 3.49. The molecule has 1 N–H and O–H groups in total. The summed E-state index contributed by atoms with van der Waals surface area (Å²) in [7, 11) is 3.35. The highest BCUT2D eigenvalue weighted by molar-refractivity contribution is 5.89. The number of carbonyl (C=O) groups excluding carboxylic acids is 1. The van der Waals surface area contributed by atoms with Crippen LogP contribution in [-0.2, 0) is 17.8 Å². The van der Waals surface area contributed by atoms with Gasteiger partial charge in [0, 0.05) is 26.4 Å². The number of carbonyl (C=O) groups is 1. The highest BCUT2D eigenvalue weighted by Crippen LogP contribution is 2.13. The molecule has 8 nitrogen and oxygen atoms in total. The summed E-state index contributed by atoms with van der Waals surface area (Å²) >= 11 is 0. The number of anilines is 1. The molecular weight excluding hydrogens is 296 g/mol. The van der Waals surface area contributed by atoms with Crippen LogP contribution in [0.4, 0.5) is 10.5 Å². The van der Waals surface area contributed by atoms with E-state index in [1.807, 2.05) is 30.5 Å². The number of aryl methyl sites for hydroxylation is 2. The molecule has 2 aromatic heterocycles. The molecule has 0 atom stereocenters. The maximum absolute atomic E-state index is 12.3. The van der Waals surface area contributed by atoms with Crippen molar-refractivity contribution in [3.05, 3.63) is 35.7 Å². The van der Waals surface area contributed by atoms with Crippen molar-refractivity contribution in [2.45, 2.75) is 26.9 Å². The number of rotatable bonds is 6. The Balaban J connectivity index is 1.98. The van der Waals surface area contributed by atoms with E-state index in [0.29, 0.717) is 31.2 Å². The van der Waals surface area contributed by atoms with Crippen molar-refractivity contribution in [3.63, 3.8) is 0 Å². The van der Waals surface area contributed by atoms with Crippen molar-refractivity contribution in [2.75, 3.05) is 26.1 Å². The summed E-state index contributed by atoms with van der Waals surface area (Å²) < 4.78 is 6.92. The topological polar surface area (TPSA) is 85.2 Å². The largest absolute Gasteiger partial charge is 0.383 e. The minimum absolute atomic E-state index is 0.222. The Bertz CT molecular complexity index is 670. The van der Waals surface area contributed by atoms with Crippen molar-refractivity contribution >= 4 is 11.7 Å². The minimum atomic E-state index is -0.222. The quantitative estimate of drug-likeness (QED) is 0.874. The van der Waals surface area contributed by atoms with Crippen LogP contribution >= 0.6 is 0 Å². The van der Waals surface area contributed by atoms with E-state index in [9.17, 15) is 4.79 Å². The Labute approximate surface area is 135 Å². The second kappa shape index (κ2) is 7.68. The van der Waals surface area contributed by atoms with E-state index >= 15 is 0 Å². The van der Waals surface area contributed by atoms with E-state index in [0.717, 1.165) is 11.4 Å². The zero-order valence-electron chi connectivity index (χ0n) is 13.9. The second-order valence-electron chi connectivity index (χ2n) is 5.31. The SMILES string of the molecule is COCCn1cnnc1CN(C)C(=O)Nc1ccc(C)nc1C. The molecule has 0 aliphatic rings. The fourth-order valence-electron chi connectivity index (χ4n) is 2.09. The lowest BCUT2D eigenvalue weighted by Crippen LogP contribution is -2.32. The zero-order chi connectivity index (χ0) is 16.8. The number of nitrogens with one attached hydrogen (secondary N) is 1. The van der Waals surface area contributed by atoms with Gasteiger partial charge in [-0.1, -0.05) is 0 Å². The molecule has 8 heteroatoms. The molecule has 0 bridgehead atoms. The van der Waals surface area contributed by atoms with E-state index in [1.54, 1.807) is 25.4 Å². The number of urea groups is 1. The highest BCUT2D eigenvalue weighted by atomic mass is 16.5. The lowest BCUT2D eigenvalue weighted by Gasteiger charge is -2.18. The van der Waals surface area contributed by atoms with Gasteiger partial charge in [0.2, 0.25) is 0 Å². The number of hydrogen-bond acceptors (Lipinski definition) is 5. The third kappa shape index (κ3) is 4.49. The Hall–Kier alpha value is -2.48. The fourth-order valence-corrected chi connectivity index (χ4v) is 2.09. The zero-order valence-corrected chi connectivity index (χ0v) is 13.9. The van der Waals surface area contributed by atoms with E-state index < -0.39 is 0 Å². The normalized spacial score (nSPS) is 10.6. The molecule has 124 valence electrons. The van der Waals surface area contributed by atoms with E-state index in [4.69, 9.17) is 4.74 Å². The van der Waals surface area contributed by atoms with Gasteiger partial charge < -0.3 is 19.5 Å². The van der Waals surface area contributed by atoms with Gasteiger partial charge in [0.25, 0.3) is 0 Å². The minimum Gasteiger partial charge on any atom is -0.383 e. The maximum Gasteiger partial charge on any atom is 0.322 e. The predicted molar refractivity (Wildman–Crippen MR) is 86.1 cm³/mol. The number of nitrogens with zero attached hydrogens (tertiary/aromatic N) is 5. The first-order chi connectivity index (χ1) is 11.0. The van der Waals surface area contributed by atoms with E-state index in [2.05, 4.69) is 20.5 Å². The van der Waals surface area contributed by atoms with Gasteiger partial charge in [0.1, 0.15) is 6.33 Å². The van der Waals surface area contributed by atoms with Gasteiger partial charge in [-0.15, -0.1) is 10.2 Å². The van der Waals surface area contributed by atoms with Crippen LogP contribution in [0.3, 0.4) is 0 Å². The molecule has 2 aromatic rings. The molecule has 0 unspecified atom stereocenters. The van der Waals surface area contributed by atoms with Crippen LogP contribution in [0.5, 0.6) is 0 Å². The summed E-state index contributed by atoms with van der Waals surface area (Å²) in [5.74, 6) is 0.707. The third-order valence-corrected chi connectivity index (χ3v) is 3.42. The summed E-state index contributed by atoms with van der Waals surface area (Å²) in [4.78, 5) is 18.2. The molecule has 2 amide bonds. The first-order valence-electron chi connectivity index (χ1n) is 7.33. The van der Waals surface area contributed by atoms with Crippen molar-refractivity contribution < 1.29 is 9.53 Å². The molecule has 2 rings (SSSR count). The Morgan fingerprint density at radius 2 is 2.17 bits per heavy atom. The molecule has 0 fully saturated rings. The van der Waals surface area contributed by atoms with E-state index in [-0.39, 0.29) is 6.03 Å². The Morgan fingerprint density at radius 3 is 2.87 bits per heavy atom. The third-order valence-electron chi connectivity index (χ3n) is 3.42. The lowest BCUT2D eigenvalue weighted by atomic mass is 10.3. The van der Waals surface area contributed by atoms with Gasteiger partial charge in [-0.3, -0.25) is 4.98 Å². The Morgan fingerprint density at radius 1 is 1.39 bits per heavy atom. The molecule has 0 aromatic carbocycles. The summed E-state index contributed by atoms with van der Waals surface area (Å²) in [5.41, 5.74) is 2.41. The summed E-state index contributed by atoms with van der Waals surface area (Å²) in [6.45, 7) is 5.35. The van der Waals surface area contributed by atoms with Crippen LogP contribution in [0.25, 0.3) is 0 Å². The standard InChI is InChI=1S/C15H22N6O2/c1-11-5-6-13(12(2)17-11)18-15(22)20(3)9-14-19-16-10-21(14)7-8-23-4/h5-6,10H,7-9H2,1-4H3,(H,18,22). The van der Waals surface area contributed by atoms with Crippen LogP contribution in [0, 0.1) is 13.8 Å². The molecular formula is C15H22N6O2. The monoisotopic (exact) mass is 318 g/mol. The Kier molecular flexibility index (Phi) is 5.64. The van der Waals surface area contributed by atoms with Gasteiger partial charge in [0.05, 0.1) is 24.5 Å². The lowest BCUT2D eigenvalue weighted by molar-refractivity contribution is 0.184. The number of aromatic nitrogens is 4. The predicted octanol–water partition coefficient (Wildman–Crippen LogP) is 1.60. The van der Waals surface area contributed by atoms with Gasteiger partial charge in [-0.2, -0.15) is 0 Å². The van der Waals surface area contributed by atoms with Crippen LogP contribution in [-0.4, -0.2) is 51.4 Å². The first kappa shape index (κ1) is 16.9. The molecule has 2 heterocycles. The molecule has 0 aliphatic carbocycles. The molecule has 0 saturated carbocycles. The molecule has 0 radical (unpaired) electrons. The molecule has 0 aliphatic heterocycles. The van der Waals surface area contributed by atoms with Gasteiger partial charge >= 0.3 is 6.03 Å². The van der Waals surface area contributed by atoms with Crippen molar-refractivity contribution in [2.24, 2.45) is 0 Å². The van der Waals surface area contributed by atoms with E-state index in [1.165, 1.54) is 0 Å².